The molecule has 0 saturated heterocycles. The fourth-order valence-electron chi connectivity index (χ4n) is 5.58. The summed E-state index contributed by atoms with van der Waals surface area (Å²) in [6.45, 7) is 8.73. The van der Waals surface area contributed by atoms with Crippen molar-refractivity contribution in [3.63, 3.8) is 0 Å². The molecule has 5 heteroatoms. The van der Waals surface area contributed by atoms with Gasteiger partial charge in [-0.15, -0.1) is 17.5 Å². The van der Waals surface area contributed by atoms with Gasteiger partial charge >= 0.3 is 0 Å². The number of furan rings is 1. The number of pyridine rings is 1. The Labute approximate surface area is 204 Å². The zero-order chi connectivity index (χ0) is 22.1. The van der Waals surface area contributed by atoms with Gasteiger partial charge in [-0.1, -0.05) is 58.0 Å². The first-order chi connectivity index (χ1) is 14.9. The summed E-state index contributed by atoms with van der Waals surface area (Å²) >= 11 is 0. The van der Waals surface area contributed by atoms with Crippen LogP contribution in [0.5, 0.6) is 0 Å². The van der Waals surface area contributed by atoms with Crippen LogP contribution in [-0.4, -0.2) is 27.4 Å². The van der Waals surface area contributed by atoms with Crippen LogP contribution < -0.4 is 0 Å². The van der Waals surface area contributed by atoms with Gasteiger partial charge in [-0.25, -0.2) is 0 Å². The number of hydrogen-bond acceptors (Lipinski definition) is 4. The van der Waals surface area contributed by atoms with Gasteiger partial charge in [-0.2, -0.15) is 0 Å². The van der Waals surface area contributed by atoms with E-state index in [0.29, 0.717) is 35.3 Å². The second-order valence-electron chi connectivity index (χ2n) is 9.87. The number of aliphatic hydroxyl groups excluding tert-OH is 2. The number of hydrogen-bond donors (Lipinski definition) is 2. The van der Waals surface area contributed by atoms with E-state index in [1.807, 2.05) is 42.5 Å². The predicted octanol–water partition coefficient (Wildman–Crippen LogP) is 5.58. The average molecular weight is 613 g/mol. The fourth-order valence-corrected chi connectivity index (χ4v) is 5.58. The molecule has 0 aliphatic heterocycles. The van der Waals surface area contributed by atoms with Crippen molar-refractivity contribution < 1.29 is 34.7 Å². The Bertz CT molecular complexity index is 930. The Hall–Kier alpha value is -1.52. The van der Waals surface area contributed by atoms with Gasteiger partial charge in [0.1, 0.15) is 0 Å². The first-order valence-electron chi connectivity index (χ1n) is 11.5. The minimum atomic E-state index is -0.274. The van der Waals surface area contributed by atoms with Crippen molar-refractivity contribution in [2.24, 2.45) is 35.5 Å². The molecule has 32 heavy (non-hydrogen) atoms. The SMILES string of the molecule is CC(C)[C@H]1CC2C[C@@H](C(C)C)C(O)C2C1O.[Ir].[c-]1c(-c2ccccn2)oc2ccccc12. The minimum absolute atomic E-state index is 0. The maximum absolute atomic E-state index is 10.3. The molecule has 2 heterocycles. The summed E-state index contributed by atoms with van der Waals surface area (Å²) in [4.78, 5) is 4.22. The molecule has 5 rings (SSSR count). The van der Waals surface area contributed by atoms with Crippen LogP contribution >= 0.6 is 0 Å². The number of aliphatic hydroxyl groups is 2. The Morgan fingerprint density at radius 3 is 2.00 bits per heavy atom. The van der Waals surface area contributed by atoms with Gasteiger partial charge in [-0.05, 0) is 48.5 Å². The molecule has 2 saturated carbocycles. The molecule has 4 nitrogen and oxygen atoms in total. The summed E-state index contributed by atoms with van der Waals surface area (Å²) < 4.78 is 5.64. The van der Waals surface area contributed by atoms with Gasteiger partial charge in [0.15, 0.2) is 0 Å². The number of rotatable bonds is 3. The smallest absolute Gasteiger partial charge is 0.0626 e. The van der Waals surface area contributed by atoms with Gasteiger partial charge in [0.25, 0.3) is 0 Å². The number of benzene rings is 1. The molecular weight excluding hydrogens is 579 g/mol. The van der Waals surface area contributed by atoms with E-state index in [1.54, 1.807) is 6.20 Å². The third kappa shape index (κ3) is 5.02. The molecule has 2 aliphatic rings. The largest absolute Gasteiger partial charge is 0.518 e. The Morgan fingerprint density at radius 2 is 1.50 bits per heavy atom. The summed E-state index contributed by atoms with van der Waals surface area (Å²) in [6.07, 6.45) is 3.43. The molecule has 175 valence electrons. The second-order valence-corrected chi connectivity index (χ2v) is 9.87. The van der Waals surface area contributed by atoms with Crippen LogP contribution in [-0.2, 0) is 20.1 Å². The first kappa shape index (κ1) is 25.1. The monoisotopic (exact) mass is 613 g/mol. The number of nitrogens with zero attached hydrogens (tertiary/aromatic N) is 1. The molecule has 2 aliphatic carbocycles. The van der Waals surface area contributed by atoms with E-state index in [0.717, 1.165) is 29.5 Å². The molecule has 2 N–H and O–H groups in total. The van der Waals surface area contributed by atoms with Gasteiger partial charge in [0, 0.05) is 43.5 Å². The maximum Gasteiger partial charge on any atom is 0.0626 e. The van der Waals surface area contributed by atoms with Crippen LogP contribution in [0.15, 0.2) is 53.1 Å². The van der Waals surface area contributed by atoms with Crippen molar-refractivity contribution in [1.82, 2.24) is 4.98 Å². The normalized spacial score (nSPS) is 29.0. The molecule has 4 unspecified atom stereocenters. The van der Waals surface area contributed by atoms with Crippen LogP contribution in [0, 0.1) is 41.6 Å². The van der Waals surface area contributed by atoms with E-state index in [9.17, 15) is 10.2 Å². The molecule has 0 spiro atoms. The molecule has 1 aromatic carbocycles. The summed E-state index contributed by atoms with van der Waals surface area (Å²) in [5.74, 6) is 3.27. The van der Waals surface area contributed by atoms with E-state index < -0.39 is 0 Å². The summed E-state index contributed by atoms with van der Waals surface area (Å²) in [5, 5.41) is 21.7. The molecule has 2 fully saturated rings. The third-order valence-corrected chi connectivity index (χ3v) is 7.32. The predicted molar refractivity (Wildman–Crippen MR) is 123 cm³/mol. The van der Waals surface area contributed by atoms with E-state index >= 15 is 0 Å². The van der Waals surface area contributed by atoms with Crippen molar-refractivity contribution in [3.05, 3.63) is 54.7 Å². The van der Waals surface area contributed by atoms with Gasteiger partial charge in [0.05, 0.1) is 18.0 Å². The number of fused-ring (bicyclic) bond motifs is 2. The standard InChI is InChI=1S/C14H26O2.C13H8NO.Ir/c1-7(2)10-5-9-6-11(8(3)4)14(16)12(9)13(10)15;1-2-7-12-10(5-1)9-13(15-12)11-6-3-4-8-14-11;/h7-16H,5-6H2,1-4H3;1-8H;/q;-1;/t9?,10-,11+,12?,13?,14?;;. The van der Waals surface area contributed by atoms with Crippen molar-refractivity contribution in [2.45, 2.75) is 52.7 Å². The fraction of sp³-hybridized carbons (Fsp3) is 0.519. The summed E-state index contributed by atoms with van der Waals surface area (Å²) in [6, 6.07) is 16.7. The maximum atomic E-state index is 10.3. The first-order valence-corrected chi connectivity index (χ1v) is 11.5. The van der Waals surface area contributed by atoms with E-state index in [2.05, 4.69) is 38.7 Å². The van der Waals surface area contributed by atoms with Crippen LogP contribution in [0.2, 0.25) is 0 Å². The molecule has 6 atom stereocenters. The van der Waals surface area contributed by atoms with Crippen LogP contribution in [0.1, 0.15) is 40.5 Å². The zero-order valence-corrected chi connectivity index (χ0v) is 21.6. The van der Waals surface area contributed by atoms with E-state index in [-0.39, 0.29) is 38.2 Å². The number of aromatic nitrogens is 1. The van der Waals surface area contributed by atoms with Crippen LogP contribution in [0.3, 0.4) is 0 Å². The van der Waals surface area contributed by atoms with Gasteiger partial charge in [0.2, 0.25) is 0 Å². The van der Waals surface area contributed by atoms with Crippen molar-refractivity contribution >= 4 is 11.0 Å². The average Bonchev–Trinajstić information content (AvgIpc) is 3.42. The Morgan fingerprint density at radius 1 is 0.906 bits per heavy atom. The Balaban J connectivity index is 0.000000175. The van der Waals surface area contributed by atoms with Crippen molar-refractivity contribution in [1.29, 1.82) is 0 Å². The van der Waals surface area contributed by atoms with Crippen molar-refractivity contribution in [3.8, 4) is 11.5 Å². The molecular formula is C27H34IrNO3-. The second kappa shape index (κ2) is 10.6. The van der Waals surface area contributed by atoms with Crippen molar-refractivity contribution in [2.75, 3.05) is 0 Å². The van der Waals surface area contributed by atoms with E-state index in [4.69, 9.17) is 4.42 Å². The third-order valence-electron chi connectivity index (χ3n) is 7.32. The van der Waals surface area contributed by atoms with Gasteiger partial charge in [-0.3, -0.25) is 0 Å². The zero-order valence-electron chi connectivity index (χ0n) is 19.2. The quantitative estimate of drug-likeness (QED) is 0.379. The minimum Gasteiger partial charge on any atom is -0.518 e. The molecule has 2 aromatic heterocycles. The van der Waals surface area contributed by atoms with Gasteiger partial charge < -0.3 is 19.6 Å². The van der Waals surface area contributed by atoms with E-state index in [1.165, 1.54) is 0 Å². The molecule has 0 bridgehead atoms. The van der Waals surface area contributed by atoms with Crippen LogP contribution in [0.25, 0.3) is 22.4 Å². The molecule has 3 aromatic rings. The Kier molecular flexibility index (Phi) is 8.32. The summed E-state index contributed by atoms with van der Waals surface area (Å²) in [7, 11) is 0. The molecule has 1 radical (unpaired) electrons. The topological polar surface area (TPSA) is 66.5 Å². The van der Waals surface area contributed by atoms with Crippen LogP contribution in [0.4, 0.5) is 0 Å². The summed E-state index contributed by atoms with van der Waals surface area (Å²) in [5.41, 5.74) is 1.66. The number of para-hydroxylation sites is 1. The molecule has 0 amide bonds.